The molecule has 206 valence electrons. The lowest BCUT2D eigenvalue weighted by molar-refractivity contribution is -0.127. The third-order valence-corrected chi connectivity index (χ3v) is 7.65. The maximum Gasteiger partial charge on any atom is 0.248 e. The molecule has 6 rings (SSSR count). The fourth-order valence-electron chi connectivity index (χ4n) is 5.77. The first-order chi connectivity index (χ1) is 19.7. The Labute approximate surface area is 241 Å². The van der Waals surface area contributed by atoms with Crippen LogP contribution >= 0.6 is 0 Å². The van der Waals surface area contributed by atoms with Gasteiger partial charge in [0.15, 0.2) is 0 Å². The van der Waals surface area contributed by atoms with Crippen LogP contribution in [0.3, 0.4) is 0 Å². The van der Waals surface area contributed by atoms with E-state index in [-0.39, 0.29) is 11.8 Å². The second-order valence-electron chi connectivity index (χ2n) is 11.9. The van der Waals surface area contributed by atoms with Crippen molar-refractivity contribution in [3.05, 3.63) is 120 Å². The third-order valence-electron chi connectivity index (χ3n) is 7.65. The molecule has 0 fully saturated rings. The molecule has 1 aliphatic rings. The first-order valence-corrected chi connectivity index (χ1v) is 14.2. The Bertz CT molecular complexity index is 1760. The molecule has 2 heterocycles. The van der Waals surface area contributed by atoms with Gasteiger partial charge in [0.2, 0.25) is 11.8 Å². The maximum absolute atomic E-state index is 14.2. The second-order valence-corrected chi connectivity index (χ2v) is 11.9. The molecule has 1 unspecified atom stereocenters. The van der Waals surface area contributed by atoms with Crippen LogP contribution < -0.4 is 10.2 Å². The first kappa shape index (κ1) is 26.6. The molecule has 5 nitrogen and oxygen atoms in total. The fourth-order valence-corrected chi connectivity index (χ4v) is 5.77. The number of nitrogens with one attached hydrogen (secondary N) is 1. The number of aryl methyl sites for hydroxylation is 2. The predicted octanol–water partition coefficient (Wildman–Crippen LogP) is 7.54. The molecule has 1 atom stereocenters. The first-order valence-electron chi connectivity index (χ1n) is 14.2. The number of fused-ring (bicyclic) bond motifs is 4. The maximum atomic E-state index is 14.2. The number of carbonyl (C=O) groups excluding carboxylic acids is 2. The van der Waals surface area contributed by atoms with Crippen molar-refractivity contribution in [3.8, 4) is 16.9 Å². The van der Waals surface area contributed by atoms with Crippen LogP contribution in [0.4, 0.5) is 5.69 Å². The molecule has 5 heteroatoms. The standard InChI is InChI=1S/C36H35N3O2/c1-24-13-15-26(16-14-24)30-21-19-29-20-22-33(40)39(32-12-8-7-11-31(32)38(29)30)34(35(41)37-36(2,3)4)28-18-17-25-9-5-6-10-27(25)23-28/h5-19,21,23,34H,20,22H2,1-4H3,(H,37,41). The lowest BCUT2D eigenvalue weighted by atomic mass is 9.97. The van der Waals surface area contributed by atoms with Crippen LogP contribution in [0.1, 0.15) is 50.1 Å². The van der Waals surface area contributed by atoms with E-state index in [1.54, 1.807) is 4.90 Å². The van der Waals surface area contributed by atoms with E-state index in [1.807, 2.05) is 81.4 Å². The average molecular weight is 542 g/mol. The van der Waals surface area contributed by atoms with Gasteiger partial charge in [-0.2, -0.15) is 0 Å². The summed E-state index contributed by atoms with van der Waals surface area (Å²) in [6.07, 6.45) is 0.861. The van der Waals surface area contributed by atoms with E-state index >= 15 is 0 Å². The molecule has 0 aliphatic carbocycles. The zero-order valence-electron chi connectivity index (χ0n) is 24.0. The lowest BCUT2D eigenvalue weighted by Gasteiger charge is -2.36. The quantitative estimate of drug-likeness (QED) is 0.256. The highest BCUT2D eigenvalue weighted by Gasteiger charge is 2.37. The summed E-state index contributed by atoms with van der Waals surface area (Å²) in [5.74, 6) is -0.285. The van der Waals surface area contributed by atoms with Crippen LogP contribution in [0, 0.1) is 6.92 Å². The number of amides is 2. The molecule has 0 radical (unpaired) electrons. The number of hydrogen-bond donors (Lipinski definition) is 1. The number of benzene rings is 4. The van der Waals surface area contributed by atoms with Crippen molar-refractivity contribution in [3.63, 3.8) is 0 Å². The molecular weight excluding hydrogens is 506 g/mol. The monoisotopic (exact) mass is 541 g/mol. The van der Waals surface area contributed by atoms with Crippen molar-refractivity contribution >= 4 is 28.3 Å². The SMILES string of the molecule is Cc1ccc(-c2ccc3n2-c2ccccc2N(C(C(=O)NC(C)(C)C)c2ccc4ccccc4c2)C(=O)CC3)cc1. The smallest absolute Gasteiger partial charge is 0.248 e. The summed E-state index contributed by atoms with van der Waals surface area (Å²) in [5, 5.41) is 5.28. The molecule has 41 heavy (non-hydrogen) atoms. The van der Waals surface area contributed by atoms with Crippen LogP contribution in [-0.2, 0) is 16.0 Å². The van der Waals surface area contributed by atoms with E-state index in [4.69, 9.17) is 0 Å². The molecule has 0 saturated carbocycles. The van der Waals surface area contributed by atoms with Gasteiger partial charge in [-0.25, -0.2) is 0 Å². The summed E-state index contributed by atoms with van der Waals surface area (Å²) in [4.78, 5) is 30.0. The molecule has 0 saturated heterocycles. The Balaban J connectivity index is 1.56. The van der Waals surface area contributed by atoms with Gasteiger partial charge in [-0.15, -0.1) is 0 Å². The van der Waals surface area contributed by atoms with Gasteiger partial charge in [0, 0.05) is 17.7 Å². The summed E-state index contributed by atoms with van der Waals surface area (Å²) in [6.45, 7) is 7.98. The van der Waals surface area contributed by atoms with Gasteiger partial charge >= 0.3 is 0 Å². The van der Waals surface area contributed by atoms with E-state index in [0.29, 0.717) is 18.5 Å². The van der Waals surface area contributed by atoms with E-state index in [0.717, 1.165) is 39.0 Å². The highest BCUT2D eigenvalue weighted by molar-refractivity contribution is 6.04. The number of rotatable bonds is 4. The lowest BCUT2D eigenvalue weighted by Crippen LogP contribution is -2.50. The number of anilines is 1. The highest BCUT2D eigenvalue weighted by Crippen LogP contribution is 2.39. The van der Waals surface area contributed by atoms with Crippen molar-refractivity contribution in [1.29, 1.82) is 0 Å². The second kappa shape index (κ2) is 10.4. The van der Waals surface area contributed by atoms with Crippen molar-refractivity contribution in [2.75, 3.05) is 4.90 Å². The van der Waals surface area contributed by atoms with E-state index in [1.165, 1.54) is 5.56 Å². The van der Waals surface area contributed by atoms with E-state index < -0.39 is 11.6 Å². The number of nitrogens with zero attached hydrogens (tertiary/aromatic N) is 2. The molecular formula is C36H35N3O2. The Hall–Kier alpha value is -4.64. The minimum Gasteiger partial charge on any atom is -0.349 e. The molecule has 1 N–H and O–H groups in total. The summed E-state index contributed by atoms with van der Waals surface area (Å²) in [6, 6.07) is 34.0. The number of carbonyl (C=O) groups is 2. The third kappa shape index (κ3) is 5.16. The molecule has 2 amide bonds. The van der Waals surface area contributed by atoms with Crippen LogP contribution in [0.25, 0.3) is 27.7 Å². The van der Waals surface area contributed by atoms with Crippen molar-refractivity contribution in [1.82, 2.24) is 9.88 Å². The van der Waals surface area contributed by atoms with Crippen LogP contribution in [-0.4, -0.2) is 21.9 Å². The Kier molecular flexibility index (Phi) is 6.74. The molecule has 0 bridgehead atoms. The Morgan fingerprint density at radius 1 is 0.780 bits per heavy atom. The van der Waals surface area contributed by atoms with Crippen LogP contribution in [0.2, 0.25) is 0 Å². The van der Waals surface area contributed by atoms with Gasteiger partial charge in [-0.05, 0) is 86.3 Å². The number of aromatic nitrogens is 1. The minimum atomic E-state index is -0.840. The van der Waals surface area contributed by atoms with Crippen molar-refractivity contribution in [2.45, 2.75) is 52.1 Å². The topological polar surface area (TPSA) is 54.3 Å². The van der Waals surface area contributed by atoms with E-state index in [2.05, 4.69) is 59.3 Å². The summed E-state index contributed by atoms with van der Waals surface area (Å²) in [5.41, 5.74) is 6.34. The molecule has 1 aromatic heterocycles. The predicted molar refractivity (Wildman–Crippen MR) is 166 cm³/mol. The van der Waals surface area contributed by atoms with Gasteiger partial charge < -0.3 is 9.88 Å². The Morgan fingerprint density at radius 3 is 2.20 bits per heavy atom. The average Bonchev–Trinajstić information content (AvgIpc) is 3.36. The zero-order chi connectivity index (χ0) is 28.7. The molecule has 4 aromatic carbocycles. The van der Waals surface area contributed by atoms with E-state index in [9.17, 15) is 9.59 Å². The van der Waals surface area contributed by atoms with Gasteiger partial charge in [-0.1, -0.05) is 78.4 Å². The van der Waals surface area contributed by atoms with Crippen LogP contribution in [0.5, 0.6) is 0 Å². The summed E-state index contributed by atoms with van der Waals surface area (Å²) >= 11 is 0. The van der Waals surface area contributed by atoms with Gasteiger partial charge in [0.25, 0.3) is 0 Å². The number of para-hydroxylation sites is 2. The fraction of sp³-hybridized carbons (Fsp3) is 0.222. The Morgan fingerprint density at radius 2 is 1.46 bits per heavy atom. The zero-order valence-corrected chi connectivity index (χ0v) is 24.0. The molecule has 0 spiro atoms. The van der Waals surface area contributed by atoms with Gasteiger partial charge in [0.1, 0.15) is 6.04 Å². The largest absolute Gasteiger partial charge is 0.349 e. The van der Waals surface area contributed by atoms with Crippen LogP contribution in [0.15, 0.2) is 103 Å². The summed E-state index contributed by atoms with van der Waals surface area (Å²) < 4.78 is 2.25. The van der Waals surface area contributed by atoms with Gasteiger partial charge in [-0.3, -0.25) is 14.5 Å². The van der Waals surface area contributed by atoms with Crippen molar-refractivity contribution in [2.24, 2.45) is 0 Å². The molecule has 5 aromatic rings. The number of hydrogen-bond acceptors (Lipinski definition) is 2. The normalized spacial score (nSPS) is 14.1. The highest BCUT2D eigenvalue weighted by atomic mass is 16.2. The summed E-state index contributed by atoms with van der Waals surface area (Å²) in [7, 11) is 0. The minimum absolute atomic E-state index is 0.0796. The molecule has 1 aliphatic heterocycles. The van der Waals surface area contributed by atoms with Gasteiger partial charge in [0.05, 0.1) is 17.1 Å². The van der Waals surface area contributed by atoms with Crippen molar-refractivity contribution < 1.29 is 9.59 Å².